The molecule has 2 saturated heterocycles. The van der Waals surface area contributed by atoms with Gasteiger partial charge in [-0.15, -0.1) is 0 Å². The average molecular weight is 220 g/mol. The van der Waals surface area contributed by atoms with Crippen molar-refractivity contribution in [3.8, 4) is 0 Å². The van der Waals surface area contributed by atoms with Gasteiger partial charge in [-0.2, -0.15) is 0 Å². The van der Waals surface area contributed by atoms with Crippen LogP contribution in [0.4, 0.5) is 0 Å². The van der Waals surface area contributed by atoms with E-state index in [2.05, 4.69) is 33.0 Å². The van der Waals surface area contributed by atoms with Gasteiger partial charge in [-0.1, -0.05) is 0 Å². The third-order valence-electron chi connectivity index (χ3n) is 3.93. The Hall–Kier alpha value is -0.870. The number of nitrogens with zero attached hydrogens (tertiary/aromatic N) is 3. The molecule has 3 heterocycles. The van der Waals surface area contributed by atoms with Gasteiger partial charge in [0.2, 0.25) is 0 Å². The Morgan fingerprint density at radius 2 is 2.38 bits per heavy atom. The molecule has 2 fully saturated rings. The zero-order chi connectivity index (χ0) is 11.0. The fraction of sp³-hybridized carbons (Fsp3) is 0.750. The minimum absolute atomic E-state index is 0.642. The van der Waals surface area contributed by atoms with Crippen LogP contribution in [-0.2, 0) is 0 Å². The largest absolute Gasteiger partial charge is 0.330 e. The van der Waals surface area contributed by atoms with E-state index in [9.17, 15) is 0 Å². The van der Waals surface area contributed by atoms with E-state index < -0.39 is 0 Å². The molecule has 0 spiro atoms. The molecule has 1 aromatic heterocycles. The summed E-state index contributed by atoms with van der Waals surface area (Å²) in [7, 11) is 2.20. The Bertz CT molecular complexity index is 354. The van der Waals surface area contributed by atoms with Crippen molar-refractivity contribution in [2.24, 2.45) is 0 Å². The highest BCUT2D eigenvalue weighted by Crippen LogP contribution is 2.28. The van der Waals surface area contributed by atoms with E-state index in [1.165, 1.54) is 31.6 Å². The smallest absolute Gasteiger partial charge is 0.0951 e. The zero-order valence-corrected chi connectivity index (χ0v) is 9.89. The fourth-order valence-electron chi connectivity index (χ4n) is 2.98. The summed E-state index contributed by atoms with van der Waals surface area (Å²) in [6.07, 6.45) is 6.61. The van der Waals surface area contributed by atoms with E-state index in [0.29, 0.717) is 12.0 Å². The van der Waals surface area contributed by atoms with Crippen molar-refractivity contribution in [2.45, 2.75) is 24.8 Å². The van der Waals surface area contributed by atoms with Crippen molar-refractivity contribution in [3.05, 3.63) is 18.2 Å². The van der Waals surface area contributed by atoms with Gasteiger partial charge < -0.3 is 14.8 Å². The molecule has 0 bridgehead atoms. The second-order valence-corrected chi connectivity index (χ2v) is 5.12. The molecule has 3 rings (SSSR count). The lowest BCUT2D eigenvalue weighted by Gasteiger charge is -2.18. The lowest BCUT2D eigenvalue weighted by Crippen LogP contribution is -2.19. The van der Waals surface area contributed by atoms with Crippen molar-refractivity contribution in [3.63, 3.8) is 0 Å². The lowest BCUT2D eigenvalue weighted by molar-refractivity contribution is 0.388. The van der Waals surface area contributed by atoms with Gasteiger partial charge in [-0.05, 0) is 33.0 Å². The minimum Gasteiger partial charge on any atom is -0.330 e. The highest BCUT2D eigenvalue weighted by atomic mass is 15.2. The molecule has 16 heavy (non-hydrogen) atoms. The minimum atomic E-state index is 0.642. The SMILES string of the molecule is CN1CCC(n2cncc2C2CCNC2)C1. The average Bonchev–Trinajstić information content (AvgIpc) is 2.96. The number of nitrogens with one attached hydrogen (secondary N) is 1. The predicted molar refractivity (Wildman–Crippen MR) is 63.6 cm³/mol. The fourth-order valence-corrected chi connectivity index (χ4v) is 2.98. The van der Waals surface area contributed by atoms with E-state index in [-0.39, 0.29) is 0 Å². The van der Waals surface area contributed by atoms with Crippen molar-refractivity contribution in [1.29, 1.82) is 0 Å². The molecular weight excluding hydrogens is 200 g/mol. The summed E-state index contributed by atoms with van der Waals surface area (Å²) in [6, 6.07) is 0.642. The molecule has 1 aromatic rings. The summed E-state index contributed by atoms with van der Waals surface area (Å²) < 4.78 is 2.42. The van der Waals surface area contributed by atoms with Crippen molar-refractivity contribution >= 4 is 0 Å². The van der Waals surface area contributed by atoms with Crippen LogP contribution < -0.4 is 5.32 Å². The highest BCUT2D eigenvalue weighted by Gasteiger charge is 2.26. The van der Waals surface area contributed by atoms with Crippen LogP contribution in [-0.4, -0.2) is 47.7 Å². The van der Waals surface area contributed by atoms with Crippen LogP contribution in [0.15, 0.2) is 12.5 Å². The summed E-state index contributed by atoms with van der Waals surface area (Å²) in [6.45, 7) is 4.66. The van der Waals surface area contributed by atoms with Gasteiger partial charge >= 0.3 is 0 Å². The molecule has 2 aliphatic heterocycles. The Morgan fingerprint density at radius 1 is 1.44 bits per heavy atom. The second kappa shape index (κ2) is 4.18. The summed E-state index contributed by atoms with van der Waals surface area (Å²) in [5, 5.41) is 3.44. The van der Waals surface area contributed by atoms with Crippen LogP contribution >= 0.6 is 0 Å². The molecule has 4 nitrogen and oxygen atoms in total. The second-order valence-electron chi connectivity index (χ2n) is 5.12. The van der Waals surface area contributed by atoms with Gasteiger partial charge in [0, 0.05) is 36.9 Å². The van der Waals surface area contributed by atoms with E-state index in [1.807, 2.05) is 6.33 Å². The molecule has 0 amide bonds. The first kappa shape index (κ1) is 10.3. The number of likely N-dealkylation sites (tertiary alicyclic amines) is 1. The normalized spacial score (nSPS) is 31.3. The molecule has 2 aliphatic rings. The summed E-state index contributed by atoms with van der Waals surface area (Å²) in [4.78, 5) is 6.76. The van der Waals surface area contributed by atoms with Gasteiger partial charge in [0.1, 0.15) is 0 Å². The quantitative estimate of drug-likeness (QED) is 0.801. The summed E-state index contributed by atoms with van der Waals surface area (Å²) >= 11 is 0. The number of hydrogen-bond acceptors (Lipinski definition) is 3. The Morgan fingerprint density at radius 3 is 3.06 bits per heavy atom. The van der Waals surface area contributed by atoms with Crippen molar-refractivity contribution < 1.29 is 0 Å². The molecule has 2 atom stereocenters. The maximum atomic E-state index is 4.35. The van der Waals surface area contributed by atoms with Gasteiger partial charge in [-0.3, -0.25) is 0 Å². The number of aromatic nitrogens is 2. The van der Waals surface area contributed by atoms with E-state index >= 15 is 0 Å². The molecule has 0 radical (unpaired) electrons. The number of hydrogen-bond donors (Lipinski definition) is 1. The van der Waals surface area contributed by atoms with Gasteiger partial charge in [0.15, 0.2) is 0 Å². The van der Waals surface area contributed by atoms with E-state index in [0.717, 1.165) is 13.1 Å². The molecule has 2 unspecified atom stereocenters. The van der Waals surface area contributed by atoms with E-state index in [4.69, 9.17) is 0 Å². The Balaban J connectivity index is 1.81. The molecular formula is C12H20N4. The van der Waals surface area contributed by atoms with Gasteiger partial charge in [0.25, 0.3) is 0 Å². The van der Waals surface area contributed by atoms with Crippen LogP contribution in [0, 0.1) is 0 Å². The number of rotatable bonds is 2. The van der Waals surface area contributed by atoms with Crippen molar-refractivity contribution in [1.82, 2.24) is 19.8 Å². The number of imidazole rings is 1. The third kappa shape index (κ3) is 1.76. The highest BCUT2D eigenvalue weighted by molar-refractivity contribution is 5.11. The third-order valence-corrected chi connectivity index (χ3v) is 3.93. The van der Waals surface area contributed by atoms with Crippen LogP contribution in [0.2, 0.25) is 0 Å². The Kier molecular flexibility index (Phi) is 2.69. The first-order chi connectivity index (χ1) is 7.84. The van der Waals surface area contributed by atoms with Crippen LogP contribution in [0.1, 0.15) is 30.5 Å². The standard InChI is InChI=1S/C12H20N4/c1-15-5-3-11(8-15)16-9-14-7-12(16)10-2-4-13-6-10/h7,9-11,13H,2-6,8H2,1H3. The molecule has 88 valence electrons. The maximum absolute atomic E-state index is 4.35. The monoisotopic (exact) mass is 220 g/mol. The maximum Gasteiger partial charge on any atom is 0.0951 e. The molecule has 1 N–H and O–H groups in total. The molecule has 0 aromatic carbocycles. The molecule has 0 aliphatic carbocycles. The Labute approximate surface area is 96.7 Å². The lowest BCUT2D eigenvalue weighted by atomic mass is 10.0. The first-order valence-electron chi connectivity index (χ1n) is 6.25. The topological polar surface area (TPSA) is 33.1 Å². The predicted octanol–water partition coefficient (Wildman–Crippen LogP) is 0.837. The zero-order valence-electron chi connectivity index (χ0n) is 9.89. The molecule has 4 heteroatoms. The van der Waals surface area contributed by atoms with Crippen LogP contribution in [0.3, 0.4) is 0 Å². The first-order valence-corrected chi connectivity index (χ1v) is 6.25. The van der Waals surface area contributed by atoms with Crippen molar-refractivity contribution in [2.75, 3.05) is 33.2 Å². The van der Waals surface area contributed by atoms with Gasteiger partial charge in [0.05, 0.1) is 6.33 Å². The van der Waals surface area contributed by atoms with Crippen LogP contribution in [0.25, 0.3) is 0 Å². The summed E-state index contributed by atoms with van der Waals surface area (Å²) in [5.74, 6) is 0.674. The van der Waals surface area contributed by atoms with Crippen LogP contribution in [0.5, 0.6) is 0 Å². The van der Waals surface area contributed by atoms with Gasteiger partial charge in [-0.25, -0.2) is 4.98 Å². The van der Waals surface area contributed by atoms with E-state index in [1.54, 1.807) is 0 Å². The molecule has 0 saturated carbocycles. The summed E-state index contributed by atoms with van der Waals surface area (Å²) in [5.41, 5.74) is 1.44. The number of likely N-dealkylation sites (N-methyl/N-ethyl adjacent to an activating group) is 1.